The summed E-state index contributed by atoms with van der Waals surface area (Å²) in [6, 6.07) is 0.531. The molecule has 1 rings (SSSR count). The quantitative estimate of drug-likeness (QED) is 0.780. The number of hydrogen-bond acceptors (Lipinski definition) is 2. The van der Waals surface area contributed by atoms with Gasteiger partial charge in [-0.3, -0.25) is 4.68 Å². The molecule has 1 N–H and O–H groups in total. The topological polar surface area (TPSA) is 29.9 Å². The number of nitrogens with zero attached hydrogens (tertiary/aromatic N) is 2. The highest BCUT2D eigenvalue weighted by Gasteiger charge is 2.04. The molecule has 0 atom stereocenters. The fourth-order valence-electron chi connectivity index (χ4n) is 1.48. The third-order valence-corrected chi connectivity index (χ3v) is 2.49. The Kier molecular flexibility index (Phi) is 4.82. The summed E-state index contributed by atoms with van der Waals surface area (Å²) in [6.45, 7) is 10.6. The Labute approximate surface area is 92.9 Å². The number of aromatic nitrogens is 2. The minimum Gasteiger partial charge on any atom is -0.310 e. The summed E-state index contributed by atoms with van der Waals surface area (Å²) < 4.78 is 2.07. The first-order chi connectivity index (χ1) is 7.13. The van der Waals surface area contributed by atoms with Crippen molar-refractivity contribution in [2.75, 3.05) is 0 Å². The molecule has 1 aromatic rings. The van der Waals surface area contributed by atoms with E-state index in [4.69, 9.17) is 0 Å². The van der Waals surface area contributed by atoms with Crippen LogP contribution >= 0.6 is 0 Å². The molecule has 0 radical (unpaired) electrons. The molecule has 0 aliphatic rings. The Morgan fingerprint density at radius 1 is 1.47 bits per heavy atom. The molecule has 0 aliphatic heterocycles. The average molecular weight is 209 g/mol. The zero-order valence-corrected chi connectivity index (χ0v) is 10.4. The second-order valence-corrected chi connectivity index (χ2v) is 4.39. The minimum atomic E-state index is 0.531. The van der Waals surface area contributed by atoms with Crippen LogP contribution in [0.3, 0.4) is 0 Å². The van der Waals surface area contributed by atoms with Gasteiger partial charge in [-0.15, -0.1) is 0 Å². The predicted octanol–water partition coefficient (Wildman–Crippen LogP) is 2.49. The van der Waals surface area contributed by atoms with E-state index in [2.05, 4.69) is 49.0 Å². The molecule has 0 aliphatic carbocycles. The van der Waals surface area contributed by atoms with E-state index >= 15 is 0 Å². The Morgan fingerprint density at radius 3 is 2.80 bits per heavy atom. The van der Waals surface area contributed by atoms with Crippen LogP contribution in [0.15, 0.2) is 6.20 Å². The lowest BCUT2D eigenvalue weighted by Crippen LogP contribution is -2.21. The van der Waals surface area contributed by atoms with Gasteiger partial charge < -0.3 is 5.32 Å². The van der Waals surface area contributed by atoms with E-state index in [-0.39, 0.29) is 0 Å². The highest BCUT2D eigenvalue weighted by atomic mass is 15.3. The summed E-state index contributed by atoms with van der Waals surface area (Å²) in [6.07, 6.45) is 4.59. The molecule has 0 amide bonds. The van der Waals surface area contributed by atoms with E-state index in [1.54, 1.807) is 0 Å². The second kappa shape index (κ2) is 5.91. The van der Waals surface area contributed by atoms with Gasteiger partial charge in [-0.2, -0.15) is 5.10 Å². The largest absolute Gasteiger partial charge is 0.310 e. The van der Waals surface area contributed by atoms with Crippen molar-refractivity contribution in [1.29, 1.82) is 0 Å². The minimum absolute atomic E-state index is 0.531. The van der Waals surface area contributed by atoms with Crippen molar-refractivity contribution < 1.29 is 0 Å². The average Bonchev–Trinajstić information content (AvgIpc) is 2.53. The van der Waals surface area contributed by atoms with Crippen LogP contribution < -0.4 is 5.32 Å². The number of aryl methyl sites for hydroxylation is 2. The Bertz CT molecular complexity index is 289. The maximum Gasteiger partial charge on any atom is 0.0638 e. The second-order valence-electron chi connectivity index (χ2n) is 4.39. The number of hydrogen-bond donors (Lipinski definition) is 1. The van der Waals surface area contributed by atoms with Crippen molar-refractivity contribution in [3.8, 4) is 0 Å². The molecule has 0 saturated heterocycles. The highest BCUT2D eigenvalue weighted by molar-refractivity contribution is 5.15. The number of unbranched alkanes of at least 4 members (excludes halogenated alkanes) is 1. The van der Waals surface area contributed by atoms with Gasteiger partial charge in [0.15, 0.2) is 0 Å². The van der Waals surface area contributed by atoms with Crippen LogP contribution in [0, 0.1) is 6.92 Å². The molecule has 0 unspecified atom stereocenters. The van der Waals surface area contributed by atoms with Gasteiger partial charge in [0.1, 0.15) is 0 Å². The standard InChI is InChI=1S/C12H23N3/c1-5-6-7-15-9-12(11(4)14-15)8-13-10(2)3/h9-10,13H,5-8H2,1-4H3. The third kappa shape index (κ3) is 4.04. The van der Waals surface area contributed by atoms with Crippen LogP contribution in [0.2, 0.25) is 0 Å². The molecule has 0 spiro atoms. The van der Waals surface area contributed by atoms with Crippen molar-refractivity contribution >= 4 is 0 Å². The Balaban J connectivity index is 2.52. The molecule has 1 aromatic heterocycles. The number of rotatable bonds is 6. The molecular weight excluding hydrogens is 186 g/mol. The van der Waals surface area contributed by atoms with Crippen LogP contribution in [0.1, 0.15) is 44.9 Å². The van der Waals surface area contributed by atoms with Gasteiger partial charge >= 0.3 is 0 Å². The van der Waals surface area contributed by atoms with E-state index in [9.17, 15) is 0 Å². The lowest BCUT2D eigenvalue weighted by Gasteiger charge is -2.06. The van der Waals surface area contributed by atoms with Gasteiger partial charge in [-0.25, -0.2) is 0 Å². The van der Waals surface area contributed by atoms with E-state index in [0.717, 1.165) is 18.8 Å². The van der Waals surface area contributed by atoms with E-state index < -0.39 is 0 Å². The zero-order valence-electron chi connectivity index (χ0n) is 10.4. The summed E-state index contributed by atoms with van der Waals surface area (Å²) in [5.41, 5.74) is 2.47. The van der Waals surface area contributed by atoms with Gasteiger partial charge in [0, 0.05) is 30.9 Å². The Hall–Kier alpha value is -0.830. The first kappa shape index (κ1) is 12.2. The monoisotopic (exact) mass is 209 g/mol. The lowest BCUT2D eigenvalue weighted by molar-refractivity contribution is 0.566. The SMILES string of the molecule is CCCCn1cc(CNC(C)C)c(C)n1. The summed E-state index contributed by atoms with van der Waals surface area (Å²) in [5, 5.41) is 7.92. The van der Waals surface area contributed by atoms with E-state index in [0.29, 0.717) is 6.04 Å². The summed E-state index contributed by atoms with van der Waals surface area (Å²) >= 11 is 0. The van der Waals surface area contributed by atoms with E-state index in [1.165, 1.54) is 18.4 Å². The van der Waals surface area contributed by atoms with Gasteiger partial charge in [-0.1, -0.05) is 27.2 Å². The van der Waals surface area contributed by atoms with Gasteiger partial charge in [0.25, 0.3) is 0 Å². The molecule has 15 heavy (non-hydrogen) atoms. The fraction of sp³-hybridized carbons (Fsp3) is 0.750. The van der Waals surface area contributed by atoms with Crippen molar-refractivity contribution in [3.63, 3.8) is 0 Å². The maximum absolute atomic E-state index is 4.50. The van der Waals surface area contributed by atoms with Gasteiger partial charge in [-0.05, 0) is 13.3 Å². The normalized spacial score (nSPS) is 11.3. The van der Waals surface area contributed by atoms with Crippen molar-refractivity contribution in [2.45, 2.75) is 59.7 Å². The molecule has 86 valence electrons. The maximum atomic E-state index is 4.50. The Morgan fingerprint density at radius 2 is 2.20 bits per heavy atom. The van der Waals surface area contributed by atoms with Crippen LogP contribution in [-0.2, 0) is 13.1 Å². The molecule has 1 heterocycles. The molecule has 0 aromatic carbocycles. The number of nitrogens with one attached hydrogen (secondary N) is 1. The van der Waals surface area contributed by atoms with Crippen LogP contribution in [0.4, 0.5) is 0 Å². The van der Waals surface area contributed by atoms with E-state index in [1.807, 2.05) is 0 Å². The molecule has 3 nitrogen and oxygen atoms in total. The van der Waals surface area contributed by atoms with Crippen LogP contribution in [0.25, 0.3) is 0 Å². The van der Waals surface area contributed by atoms with Crippen LogP contribution in [0.5, 0.6) is 0 Å². The lowest BCUT2D eigenvalue weighted by atomic mass is 10.2. The molecule has 0 saturated carbocycles. The van der Waals surface area contributed by atoms with Crippen LogP contribution in [-0.4, -0.2) is 15.8 Å². The fourth-order valence-corrected chi connectivity index (χ4v) is 1.48. The third-order valence-electron chi connectivity index (χ3n) is 2.49. The predicted molar refractivity (Wildman–Crippen MR) is 63.8 cm³/mol. The van der Waals surface area contributed by atoms with Crippen molar-refractivity contribution in [1.82, 2.24) is 15.1 Å². The molecule has 0 fully saturated rings. The highest BCUT2D eigenvalue weighted by Crippen LogP contribution is 2.06. The van der Waals surface area contributed by atoms with Gasteiger partial charge in [0.2, 0.25) is 0 Å². The van der Waals surface area contributed by atoms with Crippen molar-refractivity contribution in [2.24, 2.45) is 0 Å². The summed E-state index contributed by atoms with van der Waals surface area (Å²) in [4.78, 5) is 0. The first-order valence-corrected chi connectivity index (χ1v) is 5.89. The van der Waals surface area contributed by atoms with Gasteiger partial charge in [0.05, 0.1) is 5.69 Å². The summed E-state index contributed by atoms with van der Waals surface area (Å²) in [7, 11) is 0. The van der Waals surface area contributed by atoms with Crippen molar-refractivity contribution in [3.05, 3.63) is 17.5 Å². The zero-order chi connectivity index (χ0) is 11.3. The molecule has 3 heteroatoms. The molecular formula is C12H23N3. The smallest absolute Gasteiger partial charge is 0.0638 e. The molecule has 0 bridgehead atoms. The summed E-state index contributed by atoms with van der Waals surface area (Å²) in [5.74, 6) is 0. The first-order valence-electron chi connectivity index (χ1n) is 5.89.